The monoisotopic (exact) mass is 240 g/mol. The smallest absolute Gasteiger partial charge is 0.220 e. The van der Waals surface area contributed by atoms with Crippen LogP contribution in [0.3, 0.4) is 0 Å². The van der Waals surface area contributed by atoms with Gasteiger partial charge in [-0.1, -0.05) is 0 Å². The van der Waals surface area contributed by atoms with E-state index in [1.807, 2.05) is 30.5 Å². The Morgan fingerprint density at radius 1 is 1.22 bits per heavy atom. The third-order valence-corrected chi connectivity index (χ3v) is 2.80. The fourth-order valence-electron chi connectivity index (χ4n) is 1.94. The van der Waals surface area contributed by atoms with Crippen molar-refractivity contribution >= 4 is 11.6 Å². The highest BCUT2D eigenvalue weighted by Crippen LogP contribution is 2.21. The van der Waals surface area contributed by atoms with E-state index < -0.39 is 0 Å². The molecular formula is C12H12N6. The molecule has 0 aromatic carbocycles. The number of rotatable bonds is 1. The Labute approximate surface area is 104 Å². The third kappa shape index (κ3) is 1.58. The molecule has 0 spiro atoms. The van der Waals surface area contributed by atoms with Crippen LogP contribution in [0.25, 0.3) is 16.9 Å². The van der Waals surface area contributed by atoms with Gasteiger partial charge in [0.05, 0.1) is 17.1 Å². The first-order valence-corrected chi connectivity index (χ1v) is 5.56. The van der Waals surface area contributed by atoms with E-state index in [1.165, 1.54) is 0 Å². The number of nitrogens with zero attached hydrogens (tertiary/aromatic N) is 5. The van der Waals surface area contributed by atoms with Crippen LogP contribution in [0.2, 0.25) is 0 Å². The van der Waals surface area contributed by atoms with Crippen molar-refractivity contribution in [2.24, 2.45) is 0 Å². The Morgan fingerprint density at radius 2 is 2.06 bits per heavy atom. The summed E-state index contributed by atoms with van der Waals surface area (Å²) in [5.41, 5.74) is 10.00. The molecule has 6 nitrogen and oxygen atoms in total. The summed E-state index contributed by atoms with van der Waals surface area (Å²) in [6.07, 6.45) is 3.42. The van der Waals surface area contributed by atoms with Crippen molar-refractivity contribution in [3.63, 3.8) is 0 Å². The standard InChI is InChI=1S/C12H12N6/c1-7-5-11-15-6-9(8(2)18(11)17-7)10-3-4-14-12(13)16-10/h3-6H,1-2H3,(H2,13,14,16). The van der Waals surface area contributed by atoms with Crippen LogP contribution in [-0.4, -0.2) is 24.6 Å². The van der Waals surface area contributed by atoms with E-state index in [1.54, 1.807) is 12.4 Å². The van der Waals surface area contributed by atoms with Crippen molar-refractivity contribution in [1.82, 2.24) is 24.6 Å². The van der Waals surface area contributed by atoms with Gasteiger partial charge in [-0.15, -0.1) is 0 Å². The lowest BCUT2D eigenvalue weighted by molar-refractivity contribution is 0.878. The molecule has 3 aromatic rings. The van der Waals surface area contributed by atoms with E-state index in [0.717, 1.165) is 28.3 Å². The molecule has 18 heavy (non-hydrogen) atoms. The van der Waals surface area contributed by atoms with Crippen LogP contribution in [0.15, 0.2) is 24.5 Å². The number of aryl methyl sites for hydroxylation is 2. The maximum absolute atomic E-state index is 5.60. The summed E-state index contributed by atoms with van der Waals surface area (Å²) in [6, 6.07) is 3.74. The Bertz CT molecular complexity index is 731. The molecule has 0 aliphatic rings. The second-order valence-corrected chi connectivity index (χ2v) is 4.11. The molecule has 0 aliphatic heterocycles. The lowest BCUT2D eigenvalue weighted by Gasteiger charge is -2.06. The second kappa shape index (κ2) is 3.76. The first-order chi connectivity index (χ1) is 8.65. The minimum absolute atomic E-state index is 0.253. The van der Waals surface area contributed by atoms with Gasteiger partial charge < -0.3 is 5.73 Å². The topological polar surface area (TPSA) is 82.0 Å². The van der Waals surface area contributed by atoms with Crippen molar-refractivity contribution in [2.45, 2.75) is 13.8 Å². The van der Waals surface area contributed by atoms with Gasteiger partial charge in [0, 0.05) is 24.0 Å². The number of hydrogen-bond donors (Lipinski definition) is 1. The molecule has 0 saturated carbocycles. The molecule has 3 rings (SSSR count). The molecule has 3 heterocycles. The molecular weight excluding hydrogens is 228 g/mol. The molecule has 2 N–H and O–H groups in total. The van der Waals surface area contributed by atoms with Gasteiger partial charge in [0.1, 0.15) is 0 Å². The van der Waals surface area contributed by atoms with Crippen LogP contribution >= 0.6 is 0 Å². The quantitative estimate of drug-likeness (QED) is 0.695. The van der Waals surface area contributed by atoms with E-state index in [0.29, 0.717) is 0 Å². The molecule has 0 amide bonds. The largest absolute Gasteiger partial charge is 0.368 e. The first kappa shape index (κ1) is 10.6. The Balaban J connectivity index is 2.26. The number of anilines is 1. The van der Waals surface area contributed by atoms with Gasteiger partial charge in [0.25, 0.3) is 0 Å². The highest BCUT2D eigenvalue weighted by molar-refractivity contribution is 5.63. The maximum atomic E-state index is 5.60. The second-order valence-electron chi connectivity index (χ2n) is 4.11. The number of aromatic nitrogens is 5. The third-order valence-electron chi connectivity index (χ3n) is 2.80. The molecule has 3 aromatic heterocycles. The lowest BCUT2D eigenvalue weighted by atomic mass is 10.2. The van der Waals surface area contributed by atoms with Crippen molar-refractivity contribution < 1.29 is 0 Å². The molecule has 0 fully saturated rings. The molecule has 0 bridgehead atoms. The van der Waals surface area contributed by atoms with E-state index in [2.05, 4.69) is 20.1 Å². The fourth-order valence-corrected chi connectivity index (χ4v) is 1.94. The fraction of sp³-hybridized carbons (Fsp3) is 0.167. The summed E-state index contributed by atoms with van der Waals surface area (Å²) in [5, 5.41) is 4.40. The van der Waals surface area contributed by atoms with Crippen molar-refractivity contribution in [3.8, 4) is 11.3 Å². The van der Waals surface area contributed by atoms with Gasteiger partial charge in [0.15, 0.2) is 5.65 Å². The average Bonchev–Trinajstić information content (AvgIpc) is 2.71. The predicted molar refractivity (Wildman–Crippen MR) is 67.9 cm³/mol. The summed E-state index contributed by atoms with van der Waals surface area (Å²) < 4.78 is 1.81. The highest BCUT2D eigenvalue weighted by Gasteiger charge is 2.10. The lowest BCUT2D eigenvalue weighted by Crippen LogP contribution is -2.01. The molecule has 90 valence electrons. The summed E-state index contributed by atoms with van der Waals surface area (Å²) in [6.45, 7) is 3.92. The van der Waals surface area contributed by atoms with Crippen LogP contribution in [0.4, 0.5) is 5.95 Å². The molecule has 0 radical (unpaired) electrons. The van der Waals surface area contributed by atoms with Crippen molar-refractivity contribution in [2.75, 3.05) is 5.73 Å². The highest BCUT2D eigenvalue weighted by atomic mass is 15.3. The average molecular weight is 240 g/mol. The SMILES string of the molecule is Cc1cc2ncc(-c3ccnc(N)n3)c(C)n2n1. The summed E-state index contributed by atoms with van der Waals surface area (Å²) in [7, 11) is 0. The van der Waals surface area contributed by atoms with Gasteiger partial charge in [-0.3, -0.25) is 0 Å². The molecule has 0 unspecified atom stereocenters. The van der Waals surface area contributed by atoms with Crippen molar-refractivity contribution in [1.29, 1.82) is 0 Å². The van der Waals surface area contributed by atoms with Crippen LogP contribution in [-0.2, 0) is 0 Å². The van der Waals surface area contributed by atoms with Crippen LogP contribution < -0.4 is 5.73 Å². The number of hydrogen-bond acceptors (Lipinski definition) is 5. The number of fused-ring (bicyclic) bond motifs is 1. The summed E-state index contributed by atoms with van der Waals surface area (Å²) >= 11 is 0. The zero-order chi connectivity index (χ0) is 12.7. The zero-order valence-corrected chi connectivity index (χ0v) is 10.1. The van der Waals surface area contributed by atoms with E-state index in [4.69, 9.17) is 5.73 Å². The van der Waals surface area contributed by atoms with Gasteiger partial charge in [-0.25, -0.2) is 19.5 Å². The van der Waals surface area contributed by atoms with Crippen LogP contribution in [0.1, 0.15) is 11.4 Å². The van der Waals surface area contributed by atoms with Gasteiger partial charge in [-0.05, 0) is 19.9 Å². The Hall–Kier alpha value is -2.50. The predicted octanol–water partition coefficient (Wildman–Crippen LogP) is 1.39. The van der Waals surface area contributed by atoms with E-state index in [9.17, 15) is 0 Å². The van der Waals surface area contributed by atoms with Gasteiger partial charge >= 0.3 is 0 Å². The Morgan fingerprint density at radius 3 is 2.83 bits per heavy atom. The number of nitrogen functional groups attached to an aromatic ring is 1. The van der Waals surface area contributed by atoms with E-state index >= 15 is 0 Å². The summed E-state index contributed by atoms with van der Waals surface area (Å²) in [5.74, 6) is 0.253. The van der Waals surface area contributed by atoms with Gasteiger partial charge in [0.2, 0.25) is 5.95 Å². The Kier molecular flexibility index (Phi) is 2.22. The van der Waals surface area contributed by atoms with Crippen LogP contribution in [0, 0.1) is 13.8 Å². The van der Waals surface area contributed by atoms with Gasteiger partial charge in [-0.2, -0.15) is 5.10 Å². The summed E-state index contributed by atoms with van der Waals surface area (Å²) in [4.78, 5) is 12.5. The maximum Gasteiger partial charge on any atom is 0.220 e. The van der Waals surface area contributed by atoms with Crippen molar-refractivity contribution in [3.05, 3.63) is 35.9 Å². The normalized spacial score (nSPS) is 11.0. The van der Waals surface area contributed by atoms with Crippen LogP contribution in [0.5, 0.6) is 0 Å². The first-order valence-electron chi connectivity index (χ1n) is 5.56. The zero-order valence-electron chi connectivity index (χ0n) is 10.1. The molecule has 6 heteroatoms. The minimum Gasteiger partial charge on any atom is -0.368 e. The molecule has 0 atom stereocenters. The molecule has 0 aliphatic carbocycles. The molecule has 0 saturated heterocycles. The number of nitrogens with two attached hydrogens (primary N) is 1. The van der Waals surface area contributed by atoms with E-state index in [-0.39, 0.29) is 5.95 Å². The minimum atomic E-state index is 0.253.